The van der Waals surface area contributed by atoms with Gasteiger partial charge < -0.3 is 19.0 Å². The molecule has 0 radical (unpaired) electrons. The average molecular weight is 320 g/mol. The molecule has 0 bridgehead atoms. The maximum absolute atomic E-state index is 5.87. The fraction of sp³-hybridized carbons (Fsp3) is 1.00. The van der Waals surface area contributed by atoms with Crippen LogP contribution in [0.5, 0.6) is 0 Å². The van der Waals surface area contributed by atoms with Crippen LogP contribution in [0.15, 0.2) is 0 Å². The van der Waals surface area contributed by atoms with E-state index in [-0.39, 0.29) is 0 Å². The Labute approximate surface area is 133 Å². The summed E-state index contributed by atoms with van der Waals surface area (Å²) in [6.07, 6.45) is 10.1. The summed E-state index contributed by atoms with van der Waals surface area (Å²) >= 11 is 0. The smallest absolute Gasteiger partial charge is 0.374 e. The fourth-order valence-corrected chi connectivity index (χ4v) is 5.23. The van der Waals surface area contributed by atoms with Crippen LogP contribution in [-0.2, 0) is 13.3 Å². The summed E-state index contributed by atoms with van der Waals surface area (Å²) in [7, 11) is -2.40. The molecule has 0 spiro atoms. The Kier molecular flexibility index (Phi) is 15.0. The zero-order valence-corrected chi connectivity index (χ0v) is 15.5. The molecule has 0 saturated carbocycles. The molecule has 0 aliphatic rings. The molecule has 0 rings (SSSR count). The van der Waals surface area contributed by atoms with Gasteiger partial charge in [0.15, 0.2) is 0 Å². The molecule has 0 atom stereocenters. The molecule has 5 heteroatoms. The molecule has 0 saturated heterocycles. The van der Waals surface area contributed by atoms with E-state index in [9.17, 15) is 0 Å². The maximum atomic E-state index is 5.87. The van der Waals surface area contributed by atoms with Crippen molar-refractivity contribution in [1.29, 1.82) is 0 Å². The Hall–Kier alpha value is 0.0569. The van der Waals surface area contributed by atoms with Crippen LogP contribution < -0.4 is 5.73 Å². The lowest BCUT2D eigenvalue weighted by molar-refractivity contribution is 0.0706. The first-order chi connectivity index (χ1) is 10.2. The Bertz CT molecular complexity index is 201. The number of unbranched alkanes of at least 4 members (excludes halogenated alkanes) is 7. The van der Waals surface area contributed by atoms with Gasteiger partial charge in [0.05, 0.1) is 0 Å². The number of nitrogens with two attached hydrogens (primary N) is 1. The standard InChI is InChI=1S/C16H37NO3Si/c1-4-18-21(19-5-2,20-6-3)16-14-12-10-8-7-9-11-13-15-17/h4-17H2,1-3H3. The van der Waals surface area contributed by atoms with Gasteiger partial charge in [0.2, 0.25) is 0 Å². The van der Waals surface area contributed by atoms with Crippen LogP contribution >= 0.6 is 0 Å². The first kappa shape index (κ1) is 21.1. The molecule has 0 aliphatic heterocycles. The minimum absolute atomic E-state index is 0.674. The third-order valence-corrected chi connectivity index (χ3v) is 6.68. The summed E-state index contributed by atoms with van der Waals surface area (Å²) < 4.78 is 17.6. The van der Waals surface area contributed by atoms with Crippen LogP contribution in [-0.4, -0.2) is 35.2 Å². The van der Waals surface area contributed by atoms with E-state index in [0.29, 0.717) is 19.8 Å². The van der Waals surface area contributed by atoms with E-state index in [1.807, 2.05) is 20.8 Å². The Morgan fingerprint density at radius 2 is 1.00 bits per heavy atom. The van der Waals surface area contributed by atoms with Crippen molar-refractivity contribution in [3.63, 3.8) is 0 Å². The van der Waals surface area contributed by atoms with Gasteiger partial charge in [-0.2, -0.15) is 0 Å². The summed E-state index contributed by atoms with van der Waals surface area (Å²) in [5.74, 6) is 0. The molecule has 0 unspecified atom stereocenters. The lowest BCUT2D eigenvalue weighted by Gasteiger charge is -2.28. The van der Waals surface area contributed by atoms with Gasteiger partial charge >= 0.3 is 8.80 Å². The monoisotopic (exact) mass is 319 g/mol. The van der Waals surface area contributed by atoms with Crippen molar-refractivity contribution in [2.75, 3.05) is 26.4 Å². The largest absolute Gasteiger partial charge is 0.500 e. The van der Waals surface area contributed by atoms with Gasteiger partial charge in [-0.3, -0.25) is 0 Å². The van der Waals surface area contributed by atoms with E-state index in [4.69, 9.17) is 19.0 Å². The highest BCUT2D eigenvalue weighted by Crippen LogP contribution is 2.20. The van der Waals surface area contributed by atoms with Gasteiger partial charge in [-0.1, -0.05) is 38.5 Å². The lowest BCUT2D eigenvalue weighted by atomic mass is 10.1. The Morgan fingerprint density at radius 3 is 1.38 bits per heavy atom. The molecule has 2 N–H and O–H groups in total. The molecular weight excluding hydrogens is 282 g/mol. The van der Waals surface area contributed by atoms with Gasteiger partial charge in [0.25, 0.3) is 0 Å². The molecule has 0 aromatic rings. The van der Waals surface area contributed by atoms with Crippen LogP contribution in [0.4, 0.5) is 0 Å². The predicted molar refractivity (Wildman–Crippen MR) is 91.4 cm³/mol. The first-order valence-electron chi connectivity index (χ1n) is 8.86. The van der Waals surface area contributed by atoms with Gasteiger partial charge in [-0.05, 0) is 40.2 Å². The third kappa shape index (κ3) is 11.3. The normalized spacial score (nSPS) is 12.0. The third-order valence-electron chi connectivity index (χ3n) is 3.53. The van der Waals surface area contributed by atoms with E-state index >= 15 is 0 Å². The van der Waals surface area contributed by atoms with E-state index in [1.54, 1.807) is 0 Å². The lowest BCUT2D eigenvalue weighted by Crippen LogP contribution is -2.45. The summed E-state index contributed by atoms with van der Waals surface area (Å²) in [4.78, 5) is 0. The van der Waals surface area contributed by atoms with Gasteiger partial charge in [-0.15, -0.1) is 0 Å². The zero-order valence-electron chi connectivity index (χ0n) is 14.5. The van der Waals surface area contributed by atoms with Crippen LogP contribution in [0.2, 0.25) is 6.04 Å². The molecule has 0 amide bonds. The second kappa shape index (κ2) is 15.0. The van der Waals surface area contributed by atoms with Crippen LogP contribution in [0.3, 0.4) is 0 Å². The number of rotatable bonds is 16. The molecule has 0 heterocycles. The number of hydrogen-bond donors (Lipinski definition) is 1. The average Bonchev–Trinajstić information content (AvgIpc) is 2.46. The second-order valence-electron chi connectivity index (χ2n) is 5.35. The van der Waals surface area contributed by atoms with Crippen molar-refractivity contribution < 1.29 is 13.3 Å². The predicted octanol–water partition coefficient (Wildman–Crippen LogP) is 4.11. The summed E-state index contributed by atoms with van der Waals surface area (Å²) in [5.41, 5.74) is 5.49. The van der Waals surface area contributed by atoms with Crippen LogP contribution in [0.25, 0.3) is 0 Å². The van der Waals surface area contributed by atoms with Crippen molar-refractivity contribution in [1.82, 2.24) is 0 Å². The quantitative estimate of drug-likeness (QED) is 0.343. The van der Waals surface area contributed by atoms with Crippen molar-refractivity contribution >= 4 is 8.80 Å². The zero-order chi connectivity index (χ0) is 15.8. The van der Waals surface area contributed by atoms with Gasteiger partial charge in [-0.25, -0.2) is 0 Å². The van der Waals surface area contributed by atoms with E-state index in [1.165, 1.54) is 44.9 Å². The molecule has 0 aliphatic carbocycles. The molecule has 21 heavy (non-hydrogen) atoms. The van der Waals surface area contributed by atoms with Gasteiger partial charge in [0, 0.05) is 25.9 Å². The van der Waals surface area contributed by atoms with Crippen molar-refractivity contribution in [2.45, 2.75) is 78.2 Å². The second-order valence-corrected chi connectivity index (χ2v) is 8.08. The summed E-state index contributed by atoms with van der Waals surface area (Å²) in [6, 6.07) is 0.954. The Balaban J connectivity index is 3.76. The highest BCUT2D eigenvalue weighted by Gasteiger charge is 2.39. The van der Waals surface area contributed by atoms with Crippen molar-refractivity contribution in [2.24, 2.45) is 5.73 Å². The summed E-state index contributed by atoms with van der Waals surface area (Å²) in [6.45, 7) is 8.90. The van der Waals surface area contributed by atoms with Crippen LogP contribution in [0, 0.1) is 0 Å². The maximum Gasteiger partial charge on any atom is 0.500 e. The van der Waals surface area contributed by atoms with E-state index in [2.05, 4.69) is 0 Å². The molecule has 0 aromatic heterocycles. The Morgan fingerprint density at radius 1 is 0.619 bits per heavy atom. The van der Waals surface area contributed by atoms with E-state index in [0.717, 1.165) is 19.0 Å². The van der Waals surface area contributed by atoms with E-state index < -0.39 is 8.80 Å². The molecule has 128 valence electrons. The fourth-order valence-electron chi connectivity index (χ4n) is 2.55. The van der Waals surface area contributed by atoms with Crippen LogP contribution in [0.1, 0.15) is 72.1 Å². The number of hydrogen-bond acceptors (Lipinski definition) is 4. The molecule has 0 aromatic carbocycles. The van der Waals surface area contributed by atoms with Gasteiger partial charge in [0.1, 0.15) is 0 Å². The minimum Gasteiger partial charge on any atom is -0.374 e. The van der Waals surface area contributed by atoms with Crippen molar-refractivity contribution in [3.8, 4) is 0 Å². The highest BCUT2D eigenvalue weighted by molar-refractivity contribution is 6.60. The summed E-state index contributed by atoms with van der Waals surface area (Å²) in [5, 5.41) is 0. The topological polar surface area (TPSA) is 53.7 Å². The molecular formula is C16H37NO3Si. The minimum atomic E-state index is -2.40. The SMILES string of the molecule is CCO[Si](CCCCCCCCCCN)(OCC)OCC. The molecule has 0 fully saturated rings. The first-order valence-corrected chi connectivity index (χ1v) is 10.8. The molecule has 4 nitrogen and oxygen atoms in total. The van der Waals surface area contributed by atoms with Crippen molar-refractivity contribution in [3.05, 3.63) is 0 Å². The highest BCUT2D eigenvalue weighted by atomic mass is 28.4.